The summed E-state index contributed by atoms with van der Waals surface area (Å²) in [4.78, 5) is 9.27. The Morgan fingerprint density at radius 1 is 1.21 bits per heavy atom. The van der Waals surface area contributed by atoms with Gasteiger partial charge in [-0.3, -0.25) is 9.89 Å². The Labute approximate surface area is 148 Å². The van der Waals surface area contributed by atoms with Crippen molar-refractivity contribution in [2.24, 2.45) is 10.4 Å². The molecule has 2 N–H and O–H groups in total. The van der Waals surface area contributed by atoms with Gasteiger partial charge >= 0.3 is 0 Å². The third-order valence-electron chi connectivity index (χ3n) is 5.84. The van der Waals surface area contributed by atoms with Crippen molar-refractivity contribution in [2.45, 2.75) is 38.1 Å². The number of aliphatic imine (C=N–C) groups is 1. The molecular formula is C18H37N5O. The standard InChI is InChI=1S/C18H37N5O/c1-19-17(20-13-16-14-22(2)10-11-23(16)3)21-15-18(9-12-24-4)7-5-6-8-18/h16H,5-15H2,1-4H3,(H2,19,20,21). The number of hydrogen-bond donors (Lipinski definition) is 2. The second-order valence-electron chi connectivity index (χ2n) is 7.65. The minimum absolute atomic E-state index is 0.384. The van der Waals surface area contributed by atoms with E-state index in [9.17, 15) is 0 Å². The second kappa shape index (κ2) is 9.59. The fraction of sp³-hybridized carbons (Fsp3) is 0.944. The fourth-order valence-corrected chi connectivity index (χ4v) is 3.99. The van der Waals surface area contributed by atoms with Crippen LogP contribution < -0.4 is 10.6 Å². The summed E-state index contributed by atoms with van der Waals surface area (Å²) in [7, 11) is 8.08. The summed E-state index contributed by atoms with van der Waals surface area (Å²) in [5.41, 5.74) is 0.384. The maximum atomic E-state index is 5.33. The summed E-state index contributed by atoms with van der Waals surface area (Å²) in [5.74, 6) is 0.931. The number of piperazine rings is 1. The molecule has 0 aromatic heterocycles. The van der Waals surface area contributed by atoms with Crippen molar-refractivity contribution in [3.8, 4) is 0 Å². The van der Waals surface area contributed by atoms with E-state index in [-0.39, 0.29) is 0 Å². The van der Waals surface area contributed by atoms with Gasteiger partial charge in [0.25, 0.3) is 0 Å². The zero-order valence-electron chi connectivity index (χ0n) is 16.1. The molecule has 140 valence electrons. The first kappa shape index (κ1) is 19.5. The molecule has 6 heteroatoms. The molecule has 0 amide bonds. The lowest BCUT2D eigenvalue weighted by atomic mass is 9.83. The predicted molar refractivity (Wildman–Crippen MR) is 101 cm³/mol. The summed E-state index contributed by atoms with van der Waals surface area (Å²) in [5, 5.41) is 7.10. The van der Waals surface area contributed by atoms with E-state index in [2.05, 4.69) is 39.5 Å². The highest BCUT2D eigenvalue weighted by Crippen LogP contribution is 2.40. The quantitative estimate of drug-likeness (QED) is 0.535. The van der Waals surface area contributed by atoms with E-state index in [1.54, 1.807) is 7.11 Å². The van der Waals surface area contributed by atoms with E-state index < -0.39 is 0 Å². The van der Waals surface area contributed by atoms with Crippen LogP contribution in [-0.4, -0.2) is 89.4 Å². The van der Waals surface area contributed by atoms with Crippen molar-refractivity contribution in [3.63, 3.8) is 0 Å². The number of methoxy groups -OCH3 is 1. The van der Waals surface area contributed by atoms with Crippen LogP contribution in [0.3, 0.4) is 0 Å². The second-order valence-corrected chi connectivity index (χ2v) is 7.65. The van der Waals surface area contributed by atoms with Gasteiger partial charge in [0, 0.05) is 59.5 Å². The van der Waals surface area contributed by atoms with Crippen LogP contribution in [0.1, 0.15) is 32.1 Å². The van der Waals surface area contributed by atoms with Crippen molar-refractivity contribution in [2.75, 3.05) is 67.6 Å². The van der Waals surface area contributed by atoms with Gasteiger partial charge < -0.3 is 20.3 Å². The van der Waals surface area contributed by atoms with Crippen LogP contribution in [0.2, 0.25) is 0 Å². The minimum atomic E-state index is 0.384. The summed E-state index contributed by atoms with van der Waals surface area (Å²) >= 11 is 0. The van der Waals surface area contributed by atoms with Gasteiger partial charge in [0.05, 0.1) is 0 Å². The van der Waals surface area contributed by atoms with E-state index in [0.717, 1.165) is 51.7 Å². The molecule has 6 nitrogen and oxygen atoms in total. The number of ether oxygens (including phenoxy) is 1. The highest BCUT2D eigenvalue weighted by atomic mass is 16.5. The van der Waals surface area contributed by atoms with Crippen LogP contribution in [0, 0.1) is 5.41 Å². The fourth-order valence-electron chi connectivity index (χ4n) is 3.99. The topological polar surface area (TPSA) is 52.1 Å². The average molecular weight is 340 g/mol. The minimum Gasteiger partial charge on any atom is -0.385 e. The molecule has 2 aliphatic rings. The normalized spacial score (nSPS) is 25.8. The summed E-state index contributed by atoms with van der Waals surface area (Å²) < 4.78 is 5.33. The maximum absolute atomic E-state index is 5.33. The lowest BCUT2D eigenvalue weighted by Crippen LogP contribution is -2.55. The van der Waals surface area contributed by atoms with Crippen LogP contribution in [0.4, 0.5) is 0 Å². The molecular weight excluding hydrogens is 302 g/mol. The average Bonchev–Trinajstić information content (AvgIpc) is 3.05. The van der Waals surface area contributed by atoms with Gasteiger partial charge in [-0.2, -0.15) is 0 Å². The molecule has 1 atom stereocenters. The SMILES string of the molecule is CN=C(NCC1CN(C)CCN1C)NCC1(CCOC)CCCC1. The summed E-state index contributed by atoms with van der Waals surface area (Å²) in [6, 6.07) is 0.538. The van der Waals surface area contributed by atoms with E-state index in [4.69, 9.17) is 4.74 Å². The number of hydrogen-bond acceptors (Lipinski definition) is 4. The zero-order chi connectivity index (χ0) is 17.4. The van der Waals surface area contributed by atoms with Gasteiger partial charge in [-0.15, -0.1) is 0 Å². The molecule has 24 heavy (non-hydrogen) atoms. The predicted octanol–water partition coefficient (Wildman–Crippen LogP) is 0.994. The van der Waals surface area contributed by atoms with E-state index >= 15 is 0 Å². The Morgan fingerprint density at radius 3 is 2.62 bits per heavy atom. The Bertz CT molecular complexity index is 395. The first-order chi connectivity index (χ1) is 11.6. The molecule has 1 aliphatic carbocycles. The van der Waals surface area contributed by atoms with E-state index in [1.807, 2.05) is 7.05 Å². The molecule has 2 fully saturated rings. The first-order valence-corrected chi connectivity index (χ1v) is 9.41. The van der Waals surface area contributed by atoms with Crippen LogP contribution >= 0.6 is 0 Å². The highest BCUT2D eigenvalue weighted by molar-refractivity contribution is 5.79. The molecule has 0 aromatic carbocycles. The molecule has 0 spiro atoms. The highest BCUT2D eigenvalue weighted by Gasteiger charge is 2.33. The molecule has 1 saturated carbocycles. The molecule has 0 aromatic rings. The number of rotatable bonds is 7. The molecule has 1 unspecified atom stereocenters. The molecule has 0 radical (unpaired) electrons. The van der Waals surface area contributed by atoms with Gasteiger partial charge in [0.1, 0.15) is 0 Å². The van der Waals surface area contributed by atoms with Crippen molar-refractivity contribution >= 4 is 5.96 Å². The van der Waals surface area contributed by atoms with Crippen LogP contribution in [0.15, 0.2) is 4.99 Å². The Hall–Kier alpha value is -0.850. The lowest BCUT2D eigenvalue weighted by Gasteiger charge is -2.38. The Balaban J connectivity index is 1.79. The van der Waals surface area contributed by atoms with Crippen molar-refractivity contribution in [1.82, 2.24) is 20.4 Å². The van der Waals surface area contributed by atoms with Crippen molar-refractivity contribution < 1.29 is 4.74 Å². The number of nitrogens with zero attached hydrogens (tertiary/aromatic N) is 3. The molecule has 2 rings (SSSR count). The number of nitrogens with one attached hydrogen (secondary N) is 2. The third kappa shape index (κ3) is 5.60. The van der Waals surface area contributed by atoms with Gasteiger partial charge in [0.2, 0.25) is 0 Å². The Morgan fingerprint density at radius 2 is 1.96 bits per heavy atom. The van der Waals surface area contributed by atoms with E-state index in [0.29, 0.717) is 11.5 Å². The molecule has 0 bridgehead atoms. The lowest BCUT2D eigenvalue weighted by molar-refractivity contribution is 0.116. The zero-order valence-corrected chi connectivity index (χ0v) is 16.1. The van der Waals surface area contributed by atoms with Crippen LogP contribution in [-0.2, 0) is 4.74 Å². The van der Waals surface area contributed by atoms with Gasteiger partial charge in [-0.05, 0) is 38.8 Å². The third-order valence-corrected chi connectivity index (χ3v) is 5.84. The maximum Gasteiger partial charge on any atom is 0.191 e. The largest absolute Gasteiger partial charge is 0.385 e. The molecule has 1 aliphatic heterocycles. The van der Waals surface area contributed by atoms with Crippen molar-refractivity contribution in [1.29, 1.82) is 0 Å². The van der Waals surface area contributed by atoms with Crippen LogP contribution in [0.5, 0.6) is 0 Å². The first-order valence-electron chi connectivity index (χ1n) is 9.41. The van der Waals surface area contributed by atoms with Crippen molar-refractivity contribution in [3.05, 3.63) is 0 Å². The van der Waals surface area contributed by atoms with E-state index in [1.165, 1.54) is 25.7 Å². The number of likely N-dealkylation sites (N-methyl/N-ethyl adjacent to an activating group) is 2. The Kier molecular flexibility index (Phi) is 7.78. The molecule has 1 saturated heterocycles. The number of guanidine groups is 1. The molecule has 1 heterocycles. The van der Waals surface area contributed by atoms with Gasteiger partial charge in [0.15, 0.2) is 5.96 Å². The van der Waals surface area contributed by atoms with Crippen LogP contribution in [0.25, 0.3) is 0 Å². The van der Waals surface area contributed by atoms with Gasteiger partial charge in [-0.1, -0.05) is 12.8 Å². The summed E-state index contributed by atoms with van der Waals surface area (Å²) in [6.07, 6.45) is 6.43. The monoisotopic (exact) mass is 339 g/mol. The smallest absolute Gasteiger partial charge is 0.191 e. The van der Waals surface area contributed by atoms with Gasteiger partial charge in [-0.25, -0.2) is 0 Å². The summed E-state index contributed by atoms with van der Waals surface area (Å²) in [6.45, 7) is 6.18.